The van der Waals surface area contributed by atoms with Gasteiger partial charge in [0.1, 0.15) is 11.9 Å². The minimum absolute atomic E-state index is 0.000970. The van der Waals surface area contributed by atoms with Crippen molar-refractivity contribution < 1.29 is 14.6 Å². The van der Waals surface area contributed by atoms with Gasteiger partial charge in [0.05, 0.1) is 9.85 Å². The first-order valence-corrected chi connectivity index (χ1v) is 5.63. The van der Waals surface area contributed by atoms with Crippen LogP contribution >= 0.6 is 0 Å². The first-order chi connectivity index (χ1) is 9.97. The van der Waals surface area contributed by atoms with Gasteiger partial charge < -0.3 is 5.32 Å². The number of nitrogens with zero attached hydrogens (tertiary/aromatic N) is 3. The average molecular weight is 288 g/mol. The lowest BCUT2D eigenvalue weighted by Gasteiger charge is -2.04. The number of benzene rings is 1. The van der Waals surface area contributed by atoms with Crippen molar-refractivity contribution in [1.29, 1.82) is 0 Å². The first kappa shape index (κ1) is 14.1. The summed E-state index contributed by atoms with van der Waals surface area (Å²) in [6.07, 6.45) is 0.977. The Morgan fingerprint density at radius 3 is 2.00 bits per heavy atom. The van der Waals surface area contributed by atoms with Crippen LogP contribution in [-0.2, 0) is 0 Å². The Hall–Kier alpha value is -3.36. The zero-order chi connectivity index (χ0) is 15.4. The summed E-state index contributed by atoms with van der Waals surface area (Å²) >= 11 is 0. The second-order valence-electron chi connectivity index (χ2n) is 3.92. The number of rotatable bonds is 4. The molecule has 1 aromatic carbocycles. The van der Waals surface area contributed by atoms with Crippen LogP contribution in [0.2, 0.25) is 0 Å². The summed E-state index contributed by atoms with van der Waals surface area (Å²) in [7, 11) is 0. The number of carbonyl (C=O) groups excluding carboxylic acids is 1. The van der Waals surface area contributed by atoms with Gasteiger partial charge in [-0.25, -0.2) is 4.98 Å². The summed E-state index contributed by atoms with van der Waals surface area (Å²) in [5.41, 5.74) is 0.0352. The second-order valence-corrected chi connectivity index (χ2v) is 3.92. The summed E-state index contributed by atoms with van der Waals surface area (Å²) in [5, 5.41) is 23.4. The lowest BCUT2D eigenvalue weighted by molar-refractivity contribution is -0.385. The van der Waals surface area contributed by atoms with Crippen LogP contribution < -0.4 is 5.32 Å². The van der Waals surface area contributed by atoms with Gasteiger partial charge in [-0.05, 0) is 18.2 Å². The standard InChI is InChI=1S/C12H8N4O5/c17-12(11-6-5-10(7-13-11)16(20)21)14-8-1-3-9(4-2-8)15(18)19/h1-7H,(H,14,17). The topological polar surface area (TPSA) is 128 Å². The fraction of sp³-hybridized carbons (Fsp3) is 0. The number of nitro groups is 2. The fourth-order valence-electron chi connectivity index (χ4n) is 1.49. The Labute approximate surface area is 117 Å². The van der Waals surface area contributed by atoms with Crippen LogP contribution in [0.3, 0.4) is 0 Å². The van der Waals surface area contributed by atoms with E-state index in [4.69, 9.17) is 0 Å². The average Bonchev–Trinajstić information content (AvgIpc) is 2.47. The smallest absolute Gasteiger partial charge is 0.287 e. The molecule has 0 saturated carbocycles. The highest BCUT2D eigenvalue weighted by molar-refractivity contribution is 6.02. The predicted molar refractivity (Wildman–Crippen MR) is 71.9 cm³/mol. The van der Waals surface area contributed by atoms with Crippen molar-refractivity contribution in [2.75, 3.05) is 5.32 Å². The van der Waals surface area contributed by atoms with Crippen LogP contribution in [0.4, 0.5) is 17.1 Å². The molecular formula is C12H8N4O5. The quantitative estimate of drug-likeness (QED) is 0.677. The molecule has 1 heterocycles. The number of nitrogens with one attached hydrogen (secondary N) is 1. The summed E-state index contributed by atoms with van der Waals surface area (Å²) in [6, 6.07) is 7.64. The number of amides is 1. The lowest BCUT2D eigenvalue weighted by Crippen LogP contribution is -2.13. The van der Waals surface area contributed by atoms with Gasteiger partial charge in [0.2, 0.25) is 0 Å². The highest BCUT2D eigenvalue weighted by atomic mass is 16.6. The monoisotopic (exact) mass is 288 g/mol. The van der Waals surface area contributed by atoms with E-state index >= 15 is 0 Å². The molecule has 21 heavy (non-hydrogen) atoms. The van der Waals surface area contributed by atoms with E-state index in [-0.39, 0.29) is 17.1 Å². The summed E-state index contributed by atoms with van der Waals surface area (Å²) in [5.74, 6) is -0.571. The molecule has 0 atom stereocenters. The highest BCUT2D eigenvalue weighted by Gasteiger charge is 2.12. The van der Waals surface area contributed by atoms with Gasteiger partial charge in [0.25, 0.3) is 17.3 Å². The highest BCUT2D eigenvalue weighted by Crippen LogP contribution is 2.16. The molecule has 1 aromatic heterocycles. The number of hydrogen-bond acceptors (Lipinski definition) is 6. The van der Waals surface area contributed by atoms with Crippen LogP contribution in [0.5, 0.6) is 0 Å². The normalized spacial score (nSPS) is 9.90. The van der Waals surface area contributed by atoms with Gasteiger partial charge >= 0.3 is 0 Å². The molecular weight excluding hydrogens is 280 g/mol. The van der Waals surface area contributed by atoms with Crippen molar-refractivity contribution in [2.24, 2.45) is 0 Å². The number of anilines is 1. The molecule has 0 unspecified atom stereocenters. The van der Waals surface area contributed by atoms with E-state index in [0.29, 0.717) is 5.69 Å². The van der Waals surface area contributed by atoms with E-state index in [2.05, 4.69) is 10.3 Å². The second kappa shape index (κ2) is 5.74. The largest absolute Gasteiger partial charge is 0.321 e. The minimum atomic E-state index is -0.620. The van der Waals surface area contributed by atoms with Crippen molar-refractivity contribution >= 4 is 23.0 Å². The van der Waals surface area contributed by atoms with Gasteiger partial charge in [-0.2, -0.15) is 0 Å². The molecule has 9 heteroatoms. The Morgan fingerprint density at radius 1 is 0.952 bits per heavy atom. The van der Waals surface area contributed by atoms with Gasteiger partial charge in [-0.15, -0.1) is 0 Å². The van der Waals surface area contributed by atoms with E-state index in [9.17, 15) is 25.0 Å². The third kappa shape index (κ3) is 3.35. The molecule has 2 aromatic rings. The molecule has 1 N–H and O–H groups in total. The molecule has 0 fully saturated rings. The Morgan fingerprint density at radius 2 is 1.52 bits per heavy atom. The molecule has 0 aliphatic heterocycles. The Kier molecular flexibility index (Phi) is 3.84. The van der Waals surface area contributed by atoms with E-state index in [1.54, 1.807) is 0 Å². The number of carbonyl (C=O) groups is 1. The van der Waals surface area contributed by atoms with Crippen LogP contribution in [0.25, 0.3) is 0 Å². The third-order valence-corrected chi connectivity index (χ3v) is 2.53. The SMILES string of the molecule is O=C(Nc1ccc([N+](=O)[O-])cc1)c1ccc([N+](=O)[O-])cn1. The van der Waals surface area contributed by atoms with E-state index < -0.39 is 15.8 Å². The zero-order valence-corrected chi connectivity index (χ0v) is 10.4. The maximum Gasteiger partial charge on any atom is 0.287 e. The number of nitro benzene ring substituents is 1. The fourth-order valence-corrected chi connectivity index (χ4v) is 1.49. The summed E-state index contributed by atoms with van der Waals surface area (Å²) < 4.78 is 0. The number of hydrogen-bond donors (Lipinski definition) is 1. The molecule has 9 nitrogen and oxygen atoms in total. The Balaban J connectivity index is 2.10. The summed E-state index contributed by atoms with van der Waals surface area (Å²) in [6.45, 7) is 0. The summed E-state index contributed by atoms with van der Waals surface area (Å²) in [4.78, 5) is 35.3. The Bertz CT molecular complexity index is 697. The molecule has 0 radical (unpaired) electrons. The van der Waals surface area contributed by atoms with Crippen molar-refractivity contribution in [1.82, 2.24) is 4.98 Å². The molecule has 0 saturated heterocycles. The minimum Gasteiger partial charge on any atom is -0.321 e. The van der Waals surface area contributed by atoms with Gasteiger partial charge in [0, 0.05) is 23.9 Å². The number of aromatic nitrogens is 1. The third-order valence-electron chi connectivity index (χ3n) is 2.53. The van der Waals surface area contributed by atoms with Crippen molar-refractivity contribution in [3.63, 3.8) is 0 Å². The number of pyridine rings is 1. The molecule has 0 bridgehead atoms. The molecule has 2 rings (SSSR count). The molecule has 0 aliphatic rings. The van der Waals surface area contributed by atoms with E-state index in [0.717, 1.165) is 12.3 Å². The van der Waals surface area contributed by atoms with Crippen LogP contribution in [0.15, 0.2) is 42.6 Å². The van der Waals surface area contributed by atoms with Gasteiger partial charge in [-0.1, -0.05) is 0 Å². The maximum absolute atomic E-state index is 11.8. The maximum atomic E-state index is 11.8. The van der Waals surface area contributed by atoms with E-state index in [1.165, 1.54) is 30.3 Å². The van der Waals surface area contributed by atoms with Gasteiger partial charge in [0.15, 0.2) is 0 Å². The molecule has 1 amide bonds. The van der Waals surface area contributed by atoms with Gasteiger partial charge in [-0.3, -0.25) is 25.0 Å². The molecule has 0 aliphatic carbocycles. The van der Waals surface area contributed by atoms with Crippen molar-refractivity contribution in [2.45, 2.75) is 0 Å². The first-order valence-electron chi connectivity index (χ1n) is 5.63. The lowest BCUT2D eigenvalue weighted by atomic mass is 10.2. The van der Waals surface area contributed by atoms with Crippen LogP contribution in [0.1, 0.15) is 10.5 Å². The number of non-ortho nitro benzene ring substituents is 1. The molecule has 0 spiro atoms. The van der Waals surface area contributed by atoms with Crippen molar-refractivity contribution in [3.05, 3.63) is 68.5 Å². The van der Waals surface area contributed by atoms with Crippen LogP contribution in [0, 0.1) is 20.2 Å². The zero-order valence-electron chi connectivity index (χ0n) is 10.4. The predicted octanol–water partition coefficient (Wildman–Crippen LogP) is 2.15. The van der Waals surface area contributed by atoms with Crippen molar-refractivity contribution in [3.8, 4) is 0 Å². The van der Waals surface area contributed by atoms with Crippen LogP contribution in [-0.4, -0.2) is 20.7 Å². The molecule has 106 valence electrons. The van der Waals surface area contributed by atoms with E-state index in [1.807, 2.05) is 0 Å².